The molecule has 3 heteroatoms. The Morgan fingerprint density at radius 3 is 1.37 bits per heavy atom. The van der Waals surface area contributed by atoms with Gasteiger partial charge in [-0.1, -0.05) is 143 Å². The summed E-state index contributed by atoms with van der Waals surface area (Å²) < 4.78 is 7.10. The van der Waals surface area contributed by atoms with Crippen LogP contribution in [0.2, 0.25) is 0 Å². The van der Waals surface area contributed by atoms with Crippen molar-refractivity contribution in [1.82, 2.24) is 0 Å². The lowest BCUT2D eigenvalue weighted by atomic mass is 10.0. The van der Waals surface area contributed by atoms with Crippen molar-refractivity contribution in [2.75, 3.05) is 27.2 Å². The lowest BCUT2D eigenvalue weighted by Crippen LogP contribution is -2.46. The maximum atomic E-state index is 6.50. The minimum Gasteiger partial charge on any atom is -0.375 e. The SMILES string of the molecule is CCCCCCCCCCCCCC(OCCCCCCCCCC)C(C)O[N+](C)(C)CCCC. The van der Waals surface area contributed by atoms with E-state index in [9.17, 15) is 0 Å². The summed E-state index contributed by atoms with van der Waals surface area (Å²) >= 11 is 0. The molecule has 0 aliphatic heterocycles. The number of ether oxygens (including phenoxy) is 1. The molecule has 35 heavy (non-hydrogen) atoms. The molecule has 0 bridgehead atoms. The van der Waals surface area contributed by atoms with Crippen LogP contribution in [0.5, 0.6) is 0 Å². The minimum atomic E-state index is 0.152. The summed E-state index contributed by atoms with van der Waals surface area (Å²) in [6.07, 6.45) is 30.1. The van der Waals surface area contributed by atoms with Crippen LogP contribution in [0.25, 0.3) is 0 Å². The third kappa shape index (κ3) is 24.0. The number of quaternary nitrogens is 1. The number of rotatable bonds is 28. The van der Waals surface area contributed by atoms with Crippen molar-refractivity contribution in [3.63, 3.8) is 0 Å². The Balaban J connectivity index is 4.19. The fraction of sp³-hybridized carbons (Fsp3) is 1.00. The Kier molecular flexibility index (Phi) is 25.4. The third-order valence-electron chi connectivity index (χ3n) is 7.45. The molecule has 212 valence electrons. The Labute approximate surface area is 222 Å². The van der Waals surface area contributed by atoms with E-state index < -0.39 is 0 Å². The first-order valence-corrected chi connectivity index (χ1v) is 16.1. The summed E-state index contributed by atoms with van der Waals surface area (Å²) in [6.45, 7) is 11.1. The summed E-state index contributed by atoms with van der Waals surface area (Å²) in [7, 11) is 4.40. The number of hydrogen-bond acceptors (Lipinski definition) is 2. The molecule has 0 amide bonds. The first kappa shape index (κ1) is 34.9. The van der Waals surface area contributed by atoms with Crippen molar-refractivity contribution in [1.29, 1.82) is 0 Å². The molecule has 0 saturated heterocycles. The van der Waals surface area contributed by atoms with Gasteiger partial charge in [0.2, 0.25) is 0 Å². The van der Waals surface area contributed by atoms with Crippen LogP contribution in [0.1, 0.15) is 169 Å². The minimum absolute atomic E-state index is 0.152. The quantitative estimate of drug-likeness (QED) is 0.0606. The molecule has 0 N–H and O–H groups in total. The third-order valence-corrected chi connectivity index (χ3v) is 7.45. The zero-order chi connectivity index (χ0) is 26.0. The van der Waals surface area contributed by atoms with Gasteiger partial charge in [0, 0.05) is 6.61 Å². The molecule has 2 unspecified atom stereocenters. The predicted octanol–water partition coefficient (Wildman–Crippen LogP) is 10.4. The van der Waals surface area contributed by atoms with Gasteiger partial charge in [0.1, 0.15) is 12.6 Å². The van der Waals surface area contributed by atoms with Crippen LogP contribution in [0.3, 0.4) is 0 Å². The summed E-state index contributed by atoms with van der Waals surface area (Å²) in [5, 5.41) is 0. The lowest BCUT2D eigenvalue weighted by Gasteiger charge is -2.33. The molecule has 3 nitrogen and oxygen atoms in total. The Bertz CT molecular complexity index is 412. The largest absolute Gasteiger partial charge is 0.375 e. The molecule has 0 heterocycles. The summed E-state index contributed by atoms with van der Waals surface area (Å²) in [4.78, 5) is 6.50. The first-order chi connectivity index (χ1) is 17.0. The highest BCUT2D eigenvalue weighted by molar-refractivity contribution is 4.66. The van der Waals surface area contributed by atoms with Gasteiger partial charge < -0.3 is 4.74 Å². The van der Waals surface area contributed by atoms with Gasteiger partial charge in [-0.05, 0) is 26.2 Å². The Hall–Kier alpha value is -0.120. The number of hydrogen-bond donors (Lipinski definition) is 0. The van der Waals surface area contributed by atoms with Crippen molar-refractivity contribution in [2.24, 2.45) is 0 Å². The van der Waals surface area contributed by atoms with Gasteiger partial charge in [0.25, 0.3) is 0 Å². The van der Waals surface area contributed by atoms with E-state index in [1.165, 1.54) is 135 Å². The smallest absolute Gasteiger partial charge is 0.140 e. The molecule has 0 aromatic carbocycles. The van der Waals surface area contributed by atoms with Gasteiger partial charge in [-0.25, -0.2) is 0 Å². The van der Waals surface area contributed by atoms with E-state index >= 15 is 0 Å². The number of hydroxylamine groups is 3. The highest BCUT2D eigenvalue weighted by atomic mass is 16.7. The van der Waals surface area contributed by atoms with Gasteiger partial charge in [0.15, 0.2) is 0 Å². The monoisotopic (exact) mass is 499 g/mol. The van der Waals surface area contributed by atoms with Crippen molar-refractivity contribution >= 4 is 0 Å². The second-order valence-corrected chi connectivity index (χ2v) is 11.7. The van der Waals surface area contributed by atoms with Crippen LogP contribution < -0.4 is 0 Å². The van der Waals surface area contributed by atoms with Crippen LogP contribution in [-0.2, 0) is 9.57 Å². The maximum Gasteiger partial charge on any atom is 0.140 e. The highest BCUT2D eigenvalue weighted by Gasteiger charge is 2.27. The topological polar surface area (TPSA) is 18.5 Å². The first-order valence-electron chi connectivity index (χ1n) is 16.1. The van der Waals surface area contributed by atoms with E-state index in [0.717, 1.165) is 19.6 Å². The summed E-state index contributed by atoms with van der Waals surface area (Å²) in [6, 6.07) is 0. The average Bonchev–Trinajstić information content (AvgIpc) is 2.83. The normalized spacial score (nSPS) is 13.9. The second kappa shape index (κ2) is 25.5. The van der Waals surface area contributed by atoms with Crippen LogP contribution in [0.15, 0.2) is 0 Å². The van der Waals surface area contributed by atoms with Crippen molar-refractivity contribution in [3.05, 3.63) is 0 Å². The van der Waals surface area contributed by atoms with Crippen molar-refractivity contribution < 1.29 is 14.2 Å². The molecule has 0 aliphatic rings. The standard InChI is InChI=1S/C32H68NO2/c1-7-10-13-15-17-19-20-21-22-24-26-28-32(31(4)35-33(5,6)29-12-9-3)34-30-27-25-23-18-16-14-11-8-2/h31-32H,7-30H2,1-6H3/q+1. The molecule has 0 radical (unpaired) electrons. The molecule has 0 aliphatic carbocycles. The van der Waals surface area contributed by atoms with E-state index in [-0.39, 0.29) is 12.2 Å². The molecular formula is C32H68NO2+. The molecule has 0 spiro atoms. The van der Waals surface area contributed by atoms with Crippen LogP contribution in [0.4, 0.5) is 0 Å². The van der Waals surface area contributed by atoms with Gasteiger partial charge in [-0.15, -0.1) is 0 Å². The van der Waals surface area contributed by atoms with Gasteiger partial charge in [-0.2, -0.15) is 9.48 Å². The summed E-state index contributed by atoms with van der Waals surface area (Å²) in [5.41, 5.74) is 0. The van der Waals surface area contributed by atoms with Crippen molar-refractivity contribution in [2.45, 2.75) is 181 Å². The number of nitrogens with zero attached hydrogens (tertiary/aromatic N) is 1. The summed E-state index contributed by atoms with van der Waals surface area (Å²) in [5.74, 6) is 0. The average molecular weight is 499 g/mol. The zero-order valence-electron chi connectivity index (χ0n) is 25.4. The van der Waals surface area contributed by atoms with Crippen LogP contribution in [0, 0.1) is 0 Å². The molecule has 0 aromatic heterocycles. The van der Waals surface area contributed by atoms with E-state index in [0.29, 0.717) is 4.65 Å². The maximum absolute atomic E-state index is 6.50. The Morgan fingerprint density at radius 1 is 0.514 bits per heavy atom. The Morgan fingerprint density at radius 2 is 0.914 bits per heavy atom. The fourth-order valence-corrected chi connectivity index (χ4v) is 5.04. The van der Waals surface area contributed by atoms with E-state index in [2.05, 4.69) is 41.8 Å². The molecule has 2 atom stereocenters. The second-order valence-electron chi connectivity index (χ2n) is 11.7. The number of unbranched alkanes of at least 4 members (excludes halogenated alkanes) is 18. The molecular weight excluding hydrogens is 430 g/mol. The van der Waals surface area contributed by atoms with E-state index in [1.807, 2.05) is 0 Å². The lowest BCUT2D eigenvalue weighted by molar-refractivity contribution is -1.08. The van der Waals surface area contributed by atoms with Crippen LogP contribution in [-0.4, -0.2) is 44.1 Å². The molecule has 0 rings (SSSR count). The van der Waals surface area contributed by atoms with Gasteiger partial charge in [-0.3, -0.25) is 0 Å². The molecule has 0 fully saturated rings. The van der Waals surface area contributed by atoms with Crippen LogP contribution >= 0.6 is 0 Å². The molecule has 0 saturated carbocycles. The van der Waals surface area contributed by atoms with Crippen molar-refractivity contribution in [3.8, 4) is 0 Å². The van der Waals surface area contributed by atoms with E-state index in [1.54, 1.807) is 0 Å². The fourth-order valence-electron chi connectivity index (χ4n) is 5.04. The predicted molar refractivity (Wildman–Crippen MR) is 156 cm³/mol. The highest BCUT2D eigenvalue weighted by Crippen LogP contribution is 2.19. The zero-order valence-corrected chi connectivity index (χ0v) is 25.4. The molecule has 0 aromatic rings. The van der Waals surface area contributed by atoms with Gasteiger partial charge >= 0.3 is 0 Å². The van der Waals surface area contributed by atoms with E-state index in [4.69, 9.17) is 9.57 Å². The van der Waals surface area contributed by atoms with Gasteiger partial charge in [0.05, 0.1) is 20.2 Å².